The van der Waals surface area contributed by atoms with Crippen molar-refractivity contribution in [1.29, 1.82) is 0 Å². The van der Waals surface area contributed by atoms with Crippen LogP contribution in [0.4, 0.5) is 5.82 Å². The fourth-order valence-corrected chi connectivity index (χ4v) is 2.46. The Balaban J connectivity index is 1.53. The number of nitrogens with zero attached hydrogens (tertiary/aromatic N) is 3. The van der Waals surface area contributed by atoms with Crippen molar-refractivity contribution in [3.8, 4) is 0 Å². The average molecular weight is 289 g/mol. The first kappa shape index (κ1) is 14.3. The van der Waals surface area contributed by atoms with Crippen LogP contribution in [0.25, 0.3) is 0 Å². The lowest BCUT2D eigenvalue weighted by Crippen LogP contribution is -2.44. The molecule has 21 heavy (non-hydrogen) atoms. The molecule has 1 aromatic rings. The van der Waals surface area contributed by atoms with Crippen molar-refractivity contribution < 1.29 is 4.79 Å². The highest BCUT2D eigenvalue weighted by atomic mass is 16.2. The molecule has 2 fully saturated rings. The maximum absolute atomic E-state index is 11.8. The lowest BCUT2D eigenvalue weighted by Gasteiger charge is -2.33. The zero-order valence-corrected chi connectivity index (χ0v) is 12.5. The van der Waals surface area contributed by atoms with Gasteiger partial charge in [-0.05, 0) is 31.5 Å². The summed E-state index contributed by atoms with van der Waals surface area (Å²) in [5.41, 5.74) is 6.25. The van der Waals surface area contributed by atoms with Crippen LogP contribution >= 0.6 is 0 Å². The van der Waals surface area contributed by atoms with E-state index in [0.29, 0.717) is 6.54 Å². The van der Waals surface area contributed by atoms with E-state index in [9.17, 15) is 4.79 Å². The molecule has 1 aliphatic heterocycles. The topological polar surface area (TPSA) is 74.5 Å². The number of nitrogens with two attached hydrogens (primary N) is 1. The first-order valence-corrected chi connectivity index (χ1v) is 7.52. The van der Waals surface area contributed by atoms with Crippen molar-refractivity contribution in [2.45, 2.75) is 24.9 Å². The van der Waals surface area contributed by atoms with E-state index in [2.05, 4.69) is 27.1 Å². The third-order valence-electron chi connectivity index (χ3n) is 4.33. The number of carbonyl (C=O) groups is 1. The molecule has 3 rings (SSSR count). The van der Waals surface area contributed by atoms with Crippen molar-refractivity contribution >= 4 is 11.7 Å². The number of amides is 1. The number of rotatable bonds is 4. The van der Waals surface area contributed by atoms with Gasteiger partial charge in [0.2, 0.25) is 5.91 Å². The summed E-state index contributed by atoms with van der Waals surface area (Å²) in [6.45, 7) is 4.65. The van der Waals surface area contributed by atoms with Crippen LogP contribution < -0.4 is 16.0 Å². The van der Waals surface area contributed by atoms with Crippen LogP contribution in [0.15, 0.2) is 18.3 Å². The number of nitrogens with one attached hydrogen (secondary N) is 1. The molecule has 3 N–H and O–H groups in total. The monoisotopic (exact) mass is 289 g/mol. The van der Waals surface area contributed by atoms with Gasteiger partial charge in [-0.2, -0.15) is 0 Å². The predicted octanol–water partition coefficient (Wildman–Crippen LogP) is -0.0591. The van der Waals surface area contributed by atoms with Gasteiger partial charge in [0.1, 0.15) is 5.82 Å². The van der Waals surface area contributed by atoms with Gasteiger partial charge < -0.3 is 20.9 Å². The molecule has 6 heteroatoms. The summed E-state index contributed by atoms with van der Waals surface area (Å²) >= 11 is 0. The molecule has 1 amide bonds. The normalized spacial score (nSPS) is 21.1. The highest BCUT2D eigenvalue weighted by Crippen LogP contribution is 2.32. The second kappa shape index (κ2) is 5.61. The fraction of sp³-hybridized carbons (Fsp3) is 0.600. The van der Waals surface area contributed by atoms with Gasteiger partial charge in [-0.3, -0.25) is 4.79 Å². The van der Waals surface area contributed by atoms with Gasteiger partial charge in [0, 0.05) is 38.9 Å². The molecule has 1 saturated carbocycles. The van der Waals surface area contributed by atoms with E-state index in [1.54, 1.807) is 0 Å². The minimum Gasteiger partial charge on any atom is -0.354 e. The van der Waals surface area contributed by atoms with E-state index in [4.69, 9.17) is 5.73 Å². The van der Waals surface area contributed by atoms with Gasteiger partial charge in [0.05, 0.1) is 5.54 Å². The minimum absolute atomic E-state index is 0.0503. The predicted molar refractivity (Wildman–Crippen MR) is 81.9 cm³/mol. The summed E-state index contributed by atoms with van der Waals surface area (Å²) in [6, 6.07) is 4.05. The Bertz CT molecular complexity index is 503. The molecule has 1 saturated heterocycles. The van der Waals surface area contributed by atoms with Crippen LogP contribution in [-0.2, 0) is 11.3 Å². The van der Waals surface area contributed by atoms with Crippen molar-refractivity contribution in [2.24, 2.45) is 5.73 Å². The number of aromatic nitrogens is 1. The third kappa shape index (κ3) is 3.33. The number of likely N-dealkylation sites (N-methyl/N-ethyl adjacent to an activating group) is 1. The molecule has 2 aliphatic rings. The molecule has 0 aromatic carbocycles. The van der Waals surface area contributed by atoms with Crippen LogP contribution in [-0.4, -0.2) is 54.6 Å². The van der Waals surface area contributed by atoms with Gasteiger partial charge in [0.15, 0.2) is 0 Å². The molecule has 2 heterocycles. The molecular formula is C15H23N5O. The van der Waals surface area contributed by atoms with Crippen molar-refractivity contribution in [3.05, 3.63) is 23.9 Å². The molecule has 0 unspecified atom stereocenters. The number of anilines is 1. The standard InChI is InChI=1S/C15H23N5O/c1-19-6-8-20(9-7-19)13-3-2-12(10-17-13)11-18-14(21)15(16)4-5-15/h2-3,10H,4-9,11,16H2,1H3,(H,18,21). The molecule has 6 nitrogen and oxygen atoms in total. The largest absolute Gasteiger partial charge is 0.354 e. The Morgan fingerprint density at radius 1 is 1.33 bits per heavy atom. The second-order valence-corrected chi connectivity index (χ2v) is 6.15. The third-order valence-corrected chi connectivity index (χ3v) is 4.33. The Morgan fingerprint density at radius 3 is 2.62 bits per heavy atom. The summed E-state index contributed by atoms with van der Waals surface area (Å²) in [6.07, 6.45) is 3.42. The number of hydrogen-bond donors (Lipinski definition) is 2. The summed E-state index contributed by atoms with van der Waals surface area (Å²) in [5, 5.41) is 2.88. The van der Waals surface area contributed by atoms with Crippen LogP contribution in [0.5, 0.6) is 0 Å². The smallest absolute Gasteiger partial charge is 0.240 e. The van der Waals surface area contributed by atoms with Gasteiger partial charge in [-0.25, -0.2) is 4.98 Å². The molecule has 0 atom stereocenters. The summed E-state index contributed by atoms with van der Waals surface area (Å²) in [7, 11) is 2.14. The second-order valence-electron chi connectivity index (χ2n) is 6.15. The number of pyridine rings is 1. The van der Waals surface area contributed by atoms with Crippen LogP contribution in [0.3, 0.4) is 0 Å². The van der Waals surface area contributed by atoms with E-state index >= 15 is 0 Å². The minimum atomic E-state index is -0.604. The summed E-state index contributed by atoms with van der Waals surface area (Å²) < 4.78 is 0. The molecule has 1 aromatic heterocycles. The summed E-state index contributed by atoms with van der Waals surface area (Å²) in [4.78, 5) is 20.9. The lowest BCUT2D eigenvalue weighted by molar-refractivity contribution is -0.123. The Labute approximate surface area is 125 Å². The first-order valence-electron chi connectivity index (χ1n) is 7.52. The van der Waals surface area contributed by atoms with Crippen LogP contribution in [0.1, 0.15) is 18.4 Å². The van der Waals surface area contributed by atoms with Crippen molar-refractivity contribution in [1.82, 2.24) is 15.2 Å². The Hall–Kier alpha value is -1.66. The zero-order valence-electron chi connectivity index (χ0n) is 12.5. The maximum atomic E-state index is 11.8. The van der Waals surface area contributed by atoms with E-state index in [-0.39, 0.29) is 5.91 Å². The number of carbonyl (C=O) groups excluding carboxylic acids is 1. The highest BCUT2D eigenvalue weighted by Gasteiger charge is 2.45. The molecule has 0 bridgehead atoms. The van der Waals surface area contributed by atoms with Gasteiger partial charge in [-0.15, -0.1) is 0 Å². The van der Waals surface area contributed by atoms with Gasteiger partial charge in [0.25, 0.3) is 0 Å². The average Bonchev–Trinajstić information content (AvgIpc) is 3.25. The highest BCUT2D eigenvalue weighted by molar-refractivity contribution is 5.88. The zero-order chi connectivity index (χ0) is 14.9. The number of piperazine rings is 1. The Kier molecular flexibility index (Phi) is 3.82. The number of hydrogen-bond acceptors (Lipinski definition) is 5. The summed E-state index contributed by atoms with van der Waals surface area (Å²) in [5.74, 6) is 0.960. The van der Waals surface area contributed by atoms with Gasteiger partial charge in [-0.1, -0.05) is 6.07 Å². The van der Waals surface area contributed by atoms with Crippen LogP contribution in [0, 0.1) is 0 Å². The van der Waals surface area contributed by atoms with Crippen molar-refractivity contribution in [2.75, 3.05) is 38.1 Å². The van der Waals surface area contributed by atoms with Gasteiger partial charge >= 0.3 is 0 Å². The molecule has 0 spiro atoms. The van der Waals surface area contributed by atoms with Crippen LogP contribution in [0.2, 0.25) is 0 Å². The van der Waals surface area contributed by atoms with Crippen molar-refractivity contribution in [3.63, 3.8) is 0 Å². The molecular weight excluding hydrogens is 266 g/mol. The first-order chi connectivity index (χ1) is 10.1. The SMILES string of the molecule is CN1CCN(c2ccc(CNC(=O)C3(N)CC3)cn2)CC1. The van der Waals surface area contributed by atoms with E-state index in [1.807, 2.05) is 18.3 Å². The Morgan fingerprint density at radius 2 is 2.05 bits per heavy atom. The van der Waals surface area contributed by atoms with E-state index < -0.39 is 5.54 Å². The molecule has 114 valence electrons. The van der Waals surface area contributed by atoms with E-state index in [1.165, 1.54) is 0 Å². The van der Waals surface area contributed by atoms with E-state index in [0.717, 1.165) is 50.4 Å². The molecule has 0 radical (unpaired) electrons. The quantitative estimate of drug-likeness (QED) is 0.812. The fourth-order valence-electron chi connectivity index (χ4n) is 2.46. The maximum Gasteiger partial charge on any atom is 0.240 e. The molecule has 1 aliphatic carbocycles. The lowest BCUT2D eigenvalue weighted by atomic mass is 10.2.